The van der Waals surface area contributed by atoms with Gasteiger partial charge in [0.2, 0.25) is 0 Å². The minimum atomic E-state index is -0.294. The third kappa shape index (κ3) is 3.10. The smallest absolute Gasteiger partial charge is 0.137 e. The summed E-state index contributed by atoms with van der Waals surface area (Å²) in [4.78, 5) is 4.15. The SMILES string of the molecule is CCCC(N)=Nc1ccc(F)c(Br)c1. The van der Waals surface area contributed by atoms with Gasteiger partial charge in [0.15, 0.2) is 0 Å². The Morgan fingerprint density at radius 3 is 2.86 bits per heavy atom. The lowest BCUT2D eigenvalue weighted by atomic mass is 10.3. The van der Waals surface area contributed by atoms with Crippen molar-refractivity contribution in [2.75, 3.05) is 0 Å². The van der Waals surface area contributed by atoms with Crippen molar-refractivity contribution < 1.29 is 4.39 Å². The van der Waals surface area contributed by atoms with E-state index in [-0.39, 0.29) is 5.82 Å². The molecule has 0 bridgehead atoms. The molecule has 0 spiro atoms. The van der Waals surface area contributed by atoms with Gasteiger partial charge in [-0.2, -0.15) is 0 Å². The van der Waals surface area contributed by atoms with Gasteiger partial charge in [0.05, 0.1) is 16.0 Å². The van der Waals surface area contributed by atoms with E-state index in [1.165, 1.54) is 6.07 Å². The molecule has 0 aliphatic carbocycles. The fourth-order valence-corrected chi connectivity index (χ4v) is 1.40. The Morgan fingerprint density at radius 2 is 2.29 bits per heavy atom. The minimum absolute atomic E-state index is 0.294. The molecule has 0 heterocycles. The Morgan fingerprint density at radius 1 is 1.57 bits per heavy atom. The van der Waals surface area contributed by atoms with Gasteiger partial charge in [-0.15, -0.1) is 0 Å². The molecule has 0 saturated heterocycles. The molecule has 1 aromatic rings. The molecule has 0 radical (unpaired) electrons. The molecule has 0 aromatic heterocycles. The van der Waals surface area contributed by atoms with Gasteiger partial charge in [0.25, 0.3) is 0 Å². The van der Waals surface area contributed by atoms with Crippen LogP contribution in [0.25, 0.3) is 0 Å². The highest BCUT2D eigenvalue weighted by Gasteiger charge is 1.99. The number of halogens is 2. The number of nitrogens with zero attached hydrogens (tertiary/aromatic N) is 1. The topological polar surface area (TPSA) is 38.4 Å². The molecule has 76 valence electrons. The Labute approximate surface area is 91.2 Å². The average Bonchev–Trinajstić information content (AvgIpc) is 2.12. The largest absolute Gasteiger partial charge is 0.387 e. The first-order chi connectivity index (χ1) is 6.63. The van der Waals surface area contributed by atoms with Crippen LogP contribution in [0.15, 0.2) is 27.7 Å². The molecule has 0 fully saturated rings. The van der Waals surface area contributed by atoms with Crippen molar-refractivity contribution in [2.45, 2.75) is 19.8 Å². The molecule has 0 saturated carbocycles. The first-order valence-electron chi connectivity index (χ1n) is 4.41. The summed E-state index contributed by atoms with van der Waals surface area (Å²) in [6.45, 7) is 2.03. The van der Waals surface area contributed by atoms with Crippen molar-refractivity contribution in [2.24, 2.45) is 10.7 Å². The second-order valence-electron chi connectivity index (χ2n) is 2.95. The van der Waals surface area contributed by atoms with Crippen molar-refractivity contribution in [3.63, 3.8) is 0 Å². The van der Waals surface area contributed by atoms with E-state index in [9.17, 15) is 4.39 Å². The molecule has 2 nitrogen and oxygen atoms in total. The first kappa shape index (κ1) is 11.2. The zero-order valence-corrected chi connectivity index (χ0v) is 9.51. The van der Waals surface area contributed by atoms with Crippen LogP contribution in [0.1, 0.15) is 19.8 Å². The number of benzene rings is 1. The van der Waals surface area contributed by atoms with Gasteiger partial charge in [0.1, 0.15) is 5.82 Å². The molecule has 1 aromatic carbocycles. The summed E-state index contributed by atoms with van der Waals surface area (Å²) in [5.74, 6) is 0.282. The maximum absolute atomic E-state index is 12.9. The van der Waals surface area contributed by atoms with E-state index >= 15 is 0 Å². The van der Waals surface area contributed by atoms with Gasteiger partial charge < -0.3 is 5.73 Å². The van der Waals surface area contributed by atoms with Crippen LogP contribution in [0.2, 0.25) is 0 Å². The number of rotatable bonds is 3. The molecular weight excluding hydrogens is 247 g/mol. The summed E-state index contributed by atoms with van der Waals surface area (Å²) in [5, 5.41) is 0. The van der Waals surface area contributed by atoms with Gasteiger partial charge in [-0.25, -0.2) is 9.38 Å². The van der Waals surface area contributed by atoms with Crippen molar-refractivity contribution in [3.05, 3.63) is 28.5 Å². The summed E-state index contributed by atoms with van der Waals surface area (Å²) in [6.07, 6.45) is 1.71. The first-order valence-corrected chi connectivity index (χ1v) is 5.21. The molecule has 2 N–H and O–H groups in total. The number of nitrogens with two attached hydrogens (primary N) is 1. The van der Waals surface area contributed by atoms with Crippen LogP contribution < -0.4 is 5.73 Å². The third-order valence-electron chi connectivity index (χ3n) is 1.68. The normalized spacial score (nSPS) is 11.8. The Kier molecular flexibility index (Phi) is 4.07. The van der Waals surface area contributed by atoms with E-state index < -0.39 is 0 Å². The minimum Gasteiger partial charge on any atom is -0.387 e. The number of amidine groups is 1. The van der Waals surface area contributed by atoms with Crippen LogP contribution in [-0.2, 0) is 0 Å². The molecule has 0 amide bonds. The van der Waals surface area contributed by atoms with Crippen LogP contribution in [0.5, 0.6) is 0 Å². The van der Waals surface area contributed by atoms with Gasteiger partial charge >= 0.3 is 0 Å². The van der Waals surface area contributed by atoms with Gasteiger partial charge in [-0.1, -0.05) is 6.92 Å². The summed E-state index contributed by atoms with van der Waals surface area (Å²) < 4.78 is 13.3. The summed E-state index contributed by atoms with van der Waals surface area (Å²) in [6, 6.07) is 4.57. The highest BCUT2D eigenvalue weighted by Crippen LogP contribution is 2.22. The molecule has 14 heavy (non-hydrogen) atoms. The van der Waals surface area contributed by atoms with Crippen molar-refractivity contribution in [1.29, 1.82) is 0 Å². The van der Waals surface area contributed by atoms with Crippen LogP contribution in [0.3, 0.4) is 0 Å². The second-order valence-corrected chi connectivity index (χ2v) is 3.81. The summed E-state index contributed by atoms with van der Waals surface area (Å²) in [5.41, 5.74) is 6.32. The van der Waals surface area contributed by atoms with Gasteiger partial charge in [-0.05, 0) is 40.5 Å². The maximum atomic E-state index is 12.9. The Bertz CT molecular complexity index is 350. The van der Waals surface area contributed by atoms with Crippen LogP contribution in [-0.4, -0.2) is 5.84 Å². The zero-order chi connectivity index (χ0) is 10.6. The van der Waals surface area contributed by atoms with Crippen molar-refractivity contribution in [3.8, 4) is 0 Å². The zero-order valence-electron chi connectivity index (χ0n) is 7.93. The van der Waals surface area contributed by atoms with E-state index in [0.717, 1.165) is 12.8 Å². The highest BCUT2D eigenvalue weighted by molar-refractivity contribution is 9.10. The lowest BCUT2D eigenvalue weighted by Crippen LogP contribution is -2.09. The molecule has 0 aliphatic heterocycles. The molecule has 0 aliphatic rings. The molecule has 1 rings (SSSR count). The number of aliphatic imine (C=N–C) groups is 1. The molecule has 0 atom stereocenters. The van der Waals surface area contributed by atoms with Crippen molar-refractivity contribution >= 4 is 27.5 Å². The van der Waals surface area contributed by atoms with E-state index in [2.05, 4.69) is 20.9 Å². The third-order valence-corrected chi connectivity index (χ3v) is 2.29. The summed E-state index contributed by atoms with van der Waals surface area (Å²) >= 11 is 3.09. The lowest BCUT2D eigenvalue weighted by Gasteiger charge is -1.99. The van der Waals surface area contributed by atoms with E-state index in [1.807, 2.05) is 6.92 Å². The van der Waals surface area contributed by atoms with Crippen LogP contribution in [0, 0.1) is 5.82 Å². The van der Waals surface area contributed by atoms with E-state index in [4.69, 9.17) is 5.73 Å². The van der Waals surface area contributed by atoms with Crippen LogP contribution >= 0.6 is 15.9 Å². The predicted molar refractivity (Wildman–Crippen MR) is 60.3 cm³/mol. The van der Waals surface area contributed by atoms with E-state index in [0.29, 0.717) is 16.0 Å². The fourth-order valence-electron chi connectivity index (χ4n) is 1.03. The highest BCUT2D eigenvalue weighted by atomic mass is 79.9. The second kappa shape index (κ2) is 5.10. The molecular formula is C10H12BrFN2. The molecule has 4 heteroatoms. The van der Waals surface area contributed by atoms with Gasteiger partial charge in [-0.3, -0.25) is 0 Å². The monoisotopic (exact) mass is 258 g/mol. The number of hydrogen-bond donors (Lipinski definition) is 1. The maximum Gasteiger partial charge on any atom is 0.137 e. The predicted octanol–water partition coefficient (Wildman–Crippen LogP) is 3.38. The van der Waals surface area contributed by atoms with E-state index in [1.54, 1.807) is 12.1 Å². The Balaban J connectivity index is 2.87. The standard InChI is InChI=1S/C10H12BrFN2/c1-2-3-10(13)14-7-4-5-9(12)8(11)6-7/h4-6H,2-3H2,1H3,(H2,13,14). The quantitative estimate of drug-likeness (QED) is 0.655. The van der Waals surface area contributed by atoms with Gasteiger partial charge in [0, 0.05) is 6.42 Å². The fraction of sp³-hybridized carbons (Fsp3) is 0.300. The van der Waals surface area contributed by atoms with Crippen molar-refractivity contribution in [1.82, 2.24) is 0 Å². The summed E-state index contributed by atoms with van der Waals surface area (Å²) in [7, 11) is 0. The Hall–Kier alpha value is -0.900. The number of hydrogen-bond acceptors (Lipinski definition) is 1. The molecule has 0 unspecified atom stereocenters. The average molecular weight is 259 g/mol. The van der Waals surface area contributed by atoms with Crippen LogP contribution in [0.4, 0.5) is 10.1 Å². The lowest BCUT2D eigenvalue weighted by molar-refractivity contribution is 0.621.